The van der Waals surface area contributed by atoms with Crippen LogP contribution in [0.2, 0.25) is 0 Å². The predicted molar refractivity (Wildman–Crippen MR) is 154 cm³/mol. The second-order valence-corrected chi connectivity index (χ2v) is 9.54. The summed E-state index contributed by atoms with van der Waals surface area (Å²) in [6.45, 7) is 1.22. The van der Waals surface area contributed by atoms with E-state index in [0.717, 1.165) is 22.3 Å². The van der Waals surface area contributed by atoms with Gasteiger partial charge in [-0.15, -0.1) is 0 Å². The third-order valence-electron chi connectivity index (χ3n) is 6.79. The lowest BCUT2D eigenvalue weighted by atomic mass is 9.92. The van der Waals surface area contributed by atoms with Crippen molar-refractivity contribution in [3.63, 3.8) is 0 Å². The molecule has 0 aromatic heterocycles. The fourth-order valence-electron chi connectivity index (χ4n) is 4.65. The van der Waals surface area contributed by atoms with Crippen molar-refractivity contribution in [3.05, 3.63) is 125 Å². The Bertz CT molecular complexity index is 1460. The summed E-state index contributed by atoms with van der Waals surface area (Å²) < 4.78 is 28.6. The molecule has 1 saturated heterocycles. The molecule has 1 aliphatic heterocycles. The molecule has 0 amide bonds. The van der Waals surface area contributed by atoms with E-state index in [1.165, 1.54) is 0 Å². The minimum Gasteiger partial charge on any atom is -0.493 e. The van der Waals surface area contributed by atoms with Crippen LogP contribution in [0.4, 0.5) is 0 Å². The number of methoxy groups -OCH3 is 2. The number of esters is 1. The summed E-state index contributed by atoms with van der Waals surface area (Å²) >= 11 is 0. The molecule has 4 aromatic rings. The van der Waals surface area contributed by atoms with Gasteiger partial charge in [0.2, 0.25) is 0 Å². The van der Waals surface area contributed by atoms with Crippen LogP contribution in [-0.2, 0) is 29.2 Å². The Labute approximate surface area is 234 Å². The Morgan fingerprint density at radius 3 is 1.88 bits per heavy atom. The van der Waals surface area contributed by atoms with Crippen LogP contribution >= 0.6 is 0 Å². The van der Waals surface area contributed by atoms with Gasteiger partial charge in [0.15, 0.2) is 23.0 Å². The minimum absolute atomic E-state index is 0.0895. The van der Waals surface area contributed by atoms with Crippen LogP contribution in [0.25, 0.3) is 6.08 Å². The van der Waals surface area contributed by atoms with Crippen LogP contribution in [0.3, 0.4) is 0 Å². The molecule has 0 aliphatic carbocycles. The largest absolute Gasteiger partial charge is 0.493 e. The number of ether oxygens (including phenoxy) is 5. The zero-order valence-corrected chi connectivity index (χ0v) is 22.7. The third-order valence-corrected chi connectivity index (χ3v) is 6.79. The number of carbonyl (C=O) groups excluding carboxylic acids is 1. The summed E-state index contributed by atoms with van der Waals surface area (Å²) in [6, 6.07) is 31.5. The van der Waals surface area contributed by atoms with E-state index in [2.05, 4.69) is 0 Å². The number of hydrogen-bond acceptors (Lipinski definition) is 6. The Balaban J connectivity index is 1.28. The second-order valence-electron chi connectivity index (χ2n) is 9.54. The Hall–Kier alpha value is -4.71. The Kier molecular flexibility index (Phi) is 8.66. The average Bonchev–Trinajstić information content (AvgIpc) is 3.34. The second kappa shape index (κ2) is 12.9. The normalized spacial score (nSPS) is 15.5. The first-order valence-corrected chi connectivity index (χ1v) is 13.2. The standard InChI is InChI=1S/C34H32O6/c1-36-32-19-26(13-15-30(32)38-21-24-9-5-3-6-10-24)17-28-23-40-34(35)29(28)18-27-14-16-31(33(20-27)37-2)39-22-25-11-7-4-8-12-25/h3-16,18-20,28H,17,21-23H2,1-2H3/b29-18-. The number of benzene rings is 4. The van der Waals surface area contributed by atoms with Crippen molar-refractivity contribution in [2.24, 2.45) is 5.92 Å². The SMILES string of the molecule is COc1cc(/C=C2\C(=O)OCC2Cc2ccc(OCc3ccccc3)c(OC)c2)ccc1OCc1ccccc1. The Morgan fingerprint density at radius 1 is 0.700 bits per heavy atom. The van der Waals surface area contributed by atoms with E-state index in [9.17, 15) is 4.79 Å². The molecule has 0 N–H and O–H groups in total. The van der Waals surface area contributed by atoms with Crippen LogP contribution in [0, 0.1) is 5.92 Å². The fraction of sp³-hybridized carbons (Fsp3) is 0.206. The molecular weight excluding hydrogens is 504 g/mol. The zero-order valence-electron chi connectivity index (χ0n) is 22.7. The van der Waals surface area contributed by atoms with Crippen LogP contribution in [0.5, 0.6) is 23.0 Å². The summed E-state index contributed by atoms with van der Waals surface area (Å²) in [6.07, 6.45) is 2.50. The van der Waals surface area contributed by atoms with Gasteiger partial charge in [-0.2, -0.15) is 0 Å². The molecular formula is C34H32O6. The summed E-state index contributed by atoms with van der Waals surface area (Å²) in [5.74, 6) is 2.17. The van der Waals surface area contributed by atoms with E-state index < -0.39 is 0 Å². The summed E-state index contributed by atoms with van der Waals surface area (Å²) in [7, 11) is 3.23. The number of rotatable bonds is 11. The van der Waals surface area contributed by atoms with Crippen molar-refractivity contribution < 1.29 is 28.5 Å². The molecule has 0 radical (unpaired) electrons. The topological polar surface area (TPSA) is 63.2 Å². The number of carbonyl (C=O) groups is 1. The van der Waals surface area contributed by atoms with Crippen molar-refractivity contribution in [1.82, 2.24) is 0 Å². The maximum Gasteiger partial charge on any atom is 0.334 e. The van der Waals surface area contributed by atoms with Crippen LogP contribution in [-0.4, -0.2) is 26.8 Å². The highest BCUT2D eigenvalue weighted by Gasteiger charge is 2.31. The first kappa shape index (κ1) is 26.9. The molecule has 0 bridgehead atoms. The quantitative estimate of drug-likeness (QED) is 0.158. The van der Waals surface area contributed by atoms with E-state index in [-0.39, 0.29) is 11.9 Å². The van der Waals surface area contributed by atoms with E-state index in [1.807, 2.05) is 103 Å². The van der Waals surface area contributed by atoms with Crippen LogP contribution in [0.15, 0.2) is 103 Å². The zero-order chi connectivity index (χ0) is 27.7. The molecule has 204 valence electrons. The highest BCUT2D eigenvalue weighted by Crippen LogP contribution is 2.34. The lowest BCUT2D eigenvalue weighted by molar-refractivity contribution is -0.135. The van der Waals surface area contributed by atoms with E-state index >= 15 is 0 Å². The van der Waals surface area contributed by atoms with Gasteiger partial charge in [0.25, 0.3) is 0 Å². The maximum absolute atomic E-state index is 12.7. The molecule has 6 heteroatoms. The molecule has 40 heavy (non-hydrogen) atoms. The van der Waals surface area contributed by atoms with Gasteiger partial charge < -0.3 is 23.7 Å². The number of hydrogen-bond donors (Lipinski definition) is 0. The van der Waals surface area contributed by atoms with Crippen molar-refractivity contribution in [3.8, 4) is 23.0 Å². The van der Waals surface area contributed by atoms with Crippen molar-refractivity contribution in [2.45, 2.75) is 19.6 Å². The van der Waals surface area contributed by atoms with E-state index in [1.54, 1.807) is 14.2 Å². The highest BCUT2D eigenvalue weighted by atomic mass is 16.5. The maximum atomic E-state index is 12.7. The van der Waals surface area contributed by atoms with E-state index in [0.29, 0.717) is 54.8 Å². The molecule has 4 aromatic carbocycles. The van der Waals surface area contributed by atoms with Gasteiger partial charge in [-0.25, -0.2) is 4.79 Å². The molecule has 1 fully saturated rings. The van der Waals surface area contributed by atoms with Gasteiger partial charge >= 0.3 is 5.97 Å². The average molecular weight is 537 g/mol. The fourth-order valence-corrected chi connectivity index (χ4v) is 4.65. The van der Waals surface area contributed by atoms with E-state index in [4.69, 9.17) is 23.7 Å². The predicted octanol–water partition coefficient (Wildman–Crippen LogP) is 6.66. The summed E-state index contributed by atoms with van der Waals surface area (Å²) in [5.41, 5.74) is 4.64. The smallest absolute Gasteiger partial charge is 0.334 e. The molecule has 1 unspecified atom stereocenters. The Morgan fingerprint density at radius 2 is 1.27 bits per heavy atom. The van der Waals surface area contributed by atoms with Crippen LogP contribution in [0.1, 0.15) is 22.3 Å². The molecule has 0 saturated carbocycles. The number of cyclic esters (lactones) is 1. The first-order valence-electron chi connectivity index (χ1n) is 13.2. The van der Waals surface area contributed by atoms with Gasteiger partial charge in [-0.3, -0.25) is 0 Å². The molecule has 1 atom stereocenters. The minimum atomic E-state index is -0.303. The molecule has 6 nitrogen and oxygen atoms in total. The molecule has 5 rings (SSSR count). The molecule has 0 spiro atoms. The van der Waals surface area contributed by atoms with Gasteiger partial charge in [0.1, 0.15) is 13.2 Å². The van der Waals surface area contributed by atoms with Gasteiger partial charge in [0, 0.05) is 11.5 Å². The lowest BCUT2D eigenvalue weighted by Gasteiger charge is -2.14. The van der Waals surface area contributed by atoms with Gasteiger partial charge in [-0.1, -0.05) is 72.8 Å². The molecule has 1 aliphatic rings. The third kappa shape index (κ3) is 6.64. The van der Waals surface area contributed by atoms with Crippen molar-refractivity contribution in [2.75, 3.05) is 20.8 Å². The molecule has 1 heterocycles. The summed E-state index contributed by atoms with van der Waals surface area (Å²) in [5, 5.41) is 0. The first-order chi connectivity index (χ1) is 19.6. The highest BCUT2D eigenvalue weighted by molar-refractivity contribution is 5.96. The van der Waals surface area contributed by atoms with Crippen LogP contribution < -0.4 is 18.9 Å². The van der Waals surface area contributed by atoms with Gasteiger partial charge in [-0.05, 0) is 59.0 Å². The van der Waals surface area contributed by atoms with Crippen molar-refractivity contribution >= 4 is 12.0 Å². The lowest BCUT2D eigenvalue weighted by Crippen LogP contribution is -2.08. The van der Waals surface area contributed by atoms with Crippen molar-refractivity contribution in [1.29, 1.82) is 0 Å². The monoisotopic (exact) mass is 536 g/mol. The summed E-state index contributed by atoms with van der Waals surface area (Å²) in [4.78, 5) is 12.7. The van der Waals surface area contributed by atoms with Gasteiger partial charge in [0.05, 0.1) is 20.8 Å².